The van der Waals surface area contributed by atoms with Gasteiger partial charge in [0.25, 0.3) is 0 Å². The lowest BCUT2D eigenvalue weighted by Gasteiger charge is -2.03. The van der Waals surface area contributed by atoms with Gasteiger partial charge < -0.3 is 21.7 Å². The first-order valence-electron chi connectivity index (χ1n) is 5.21. The van der Waals surface area contributed by atoms with Gasteiger partial charge in [-0.25, -0.2) is 4.79 Å². The molecule has 0 amide bonds. The summed E-state index contributed by atoms with van der Waals surface area (Å²) in [5, 5.41) is 14.4. The SMILES string of the molecule is NC(N)=NCC1Cc2ccccc2S1.O=C(O)O. The molecule has 0 spiro atoms. The monoisotopic (exact) mass is 269 g/mol. The van der Waals surface area contributed by atoms with Crippen LogP contribution in [0.15, 0.2) is 34.2 Å². The average Bonchev–Trinajstić information content (AvgIpc) is 2.68. The Labute approximate surface area is 109 Å². The highest BCUT2D eigenvalue weighted by atomic mass is 32.2. The number of carbonyl (C=O) groups is 1. The molecule has 7 heteroatoms. The predicted molar refractivity (Wildman–Crippen MR) is 71.1 cm³/mol. The molecule has 1 aromatic carbocycles. The first kappa shape index (κ1) is 14.2. The fourth-order valence-electron chi connectivity index (χ4n) is 1.56. The van der Waals surface area contributed by atoms with Crippen molar-refractivity contribution in [3.05, 3.63) is 29.8 Å². The number of benzene rings is 1. The van der Waals surface area contributed by atoms with Crippen molar-refractivity contribution in [2.24, 2.45) is 16.5 Å². The van der Waals surface area contributed by atoms with Crippen LogP contribution in [-0.2, 0) is 6.42 Å². The smallest absolute Gasteiger partial charge is 0.450 e. The summed E-state index contributed by atoms with van der Waals surface area (Å²) in [4.78, 5) is 14.0. The zero-order valence-electron chi connectivity index (χ0n) is 9.61. The first-order valence-corrected chi connectivity index (χ1v) is 6.09. The lowest BCUT2D eigenvalue weighted by Crippen LogP contribution is -2.24. The third-order valence-corrected chi connectivity index (χ3v) is 3.49. The highest BCUT2D eigenvalue weighted by Crippen LogP contribution is 2.36. The topological polar surface area (TPSA) is 122 Å². The Morgan fingerprint density at radius 1 is 1.39 bits per heavy atom. The molecule has 0 saturated heterocycles. The second kappa shape index (κ2) is 6.75. The Bertz CT molecular complexity index is 418. The minimum Gasteiger partial charge on any atom is -0.450 e. The summed E-state index contributed by atoms with van der Waals surface area (Å²) in [5.74, 6) is 0.182. The van der Waals surface area contributed by atoms with Gasteiger partial charge in [-0.2, -0.15) is 0 Å². The van der Waals surface area contributed by atoms with Gasteiger partial charge in [0.05, 0.1) is 6.54 Å². The van der Waals surface area contributed by atoms with Gasteiger partial charge in [-0.15, -0.1) is 11.8 Å². The lowest BCUT2D eigenvalue weighted by molar-refractivity contribution is 0.137. The Morgan fingerprint density at radius 2 is 2.00 bits per heavy atom. The molecule has 1 aromatic rings. The molecule has 0 aliphatic carbocycles. The highest BCUT2D eigenvalue weighted by Gasteiger charge is 2.20. The van der Waals surface area contributed by atoms with E-state index in [4.69, 9.17) is 26.5 Å². The molecule has 2 rings (SSSR count). The van der Waals surface area contributed by atoms with E-state index in [1.165, 1.54) is 10.5 Å². The predicted octanol–water partition coefficient (Wildman–Crippen LogP) is 1.20. The van der Waals surface area contributed by atoms with Gasteiger partial charge in [-0.3, -0.25) is 4.99 Å². The van der Waals surface area contributed by atoms with E-state index >= 15 is 0 Å². The van der Waals surface area contributed by atoms with Crippen LogP contribution in [0.25, 0.3) is 0 Å². The summed E-state index contributed by atoms with van der Waals surface area (Å²) < 4.78 is 0. The van der Waals surface area contributed by atoms with Crippen molar-refractivity contribution in [2.75, 3.05) is 6.54 Å². The normalized spacial score (nSPS) is 16.1. The van der Waals surface area contributed by atoms with Gasteiger partial charge >= 0.3 is 6.16 Å². The molecule has 18 heavy (non-hydrogen) atoms. The lowest BCUT2D eigenvalue weighted by atomic mass is 10.1. The summed E-state index contributed by atoms with van der Waals surface area (Å²) in [7, 11) is 0. The number of hydrogen-bond acceptors (Lipinski definition) is 3. The molecule has 0 aromatic heterocycles. The van der Waals surface area contributed by atoms with E-state index in [9.17, 15) is 0 Å². The molecular weight excluding hydrogens is 254 g/mol. The van der Waals surface area contributed by atoms with Crippen LogP contribution in [0.5, 0.6) is 0 Å². The minimum absolute atomic E-state index is 0.182. The third kappa shape index (κ3) is 4.96. The minimum atomic E-state index is -1.83. The van der Waals surface area contributed by atoms with Crippen molar-refractivity contribution in [1.82, 2.24) is 0 Å². The van der Waals surface area contributed by atoms with E-state index in [0.29, 0.717) is 11.8 Å². The van der Waals surface area contributed by atoms with Crippen molar-refractivity contribution >= 4 is 23.9 Å². The Kier molecular flexibility index (Phi) is 5.31. The number of fused-ring (bicyclic) bond motifs is 1. The molecule has 0 saturated carbocycles. The van der Waals surface area contributed by atoms with Crippen molar-refractivity contribution in [2.45, 2.75) is 16.6 Å². The molecule has 6 nitrogen and oxygen atoms in total. The first-order chi connectivity index (χ1) is 8.49. The Morgan fingerprint density at radius 3 is 2.56 bits per heavy atom. The molecule has 1 unspecified atom stereocenters. The molecule has 1 atom stereocenters. The van der Waals surface area contributed by atoms with E-state index in [-0.39, 0.29) is 5.96 Å². The molecule has 0 fully saturated rings. The van der Waals surface area contributed by atoms with Gasteiger partial charge in [-0.1, -0.05) is 18.2 Å². The van der Waals surface area contributed by atoms with Crippen molar-refractivity contribution in [3.63, 3.8) is 0 Å². The summed E-state index contributed by atoms with van der Waals surface area (Å²) in [5.41, 5.74) is 12.0. The second-order valence-corrected chi connectivity index (χ2v) is 4.94. The van der Waals surface area contributed by atoms with Crippen molar-refractivity contribution in [1.29, 1.82) is 0 Å². The average molecular weight is 269 g/mol. The van der Waals surface area contributed by atoms with Gasteiger partial charge in [0.2, 0.25) is 0 Å². The van der Waals surface area contributed by atoms with Crippen molar-refractivity contribution < 1.29 is 15.0 Å². The summed E-state index contributed by atoms with van der Waals surface area (Å²) in [6.45, 7) is 0.710. The highest BCUT2D eigenvalue weighted by molar-refractivity contribution is 8.00. The van der Waals surface area contributed by atoms with E-state index in [1.54, 1.807) is 0 Å². The molecule has 1 heterocycles. The molecule has 6 N–H and O–H groups in total. The van der Waals surface area contributed by atoms with Crippen LogP contribution in [-0.4, -0.2) is 34.1 Å². The zero-order valence-corrected chi connectivity index (χ0v) is 10.4. The van der Waals surface area contributed by atoms with Gasteiger partial charge in [0, 0.05) is 10.1 Å². The van der Waals surface area contributed by atoms with E-state index < -0.39 is 6.16 Å². The summed E-state index contributed by atoms with van der Waals surface area (Å²) >= 11 is 1.86. The van der Waals surface area contributed by atoms with Gasteiger partial charge in [0.15, 0.2) is 5.96 Å². The maximum absolute atomic E-state index is 8.56. The van der Waals surface area contributed by atoms with Crippen LogP contribution in [0, 0.1) is 0 Å². The second-order valence-electron chi connectivity index (χ2n) is 3.60. The number of thioether (sulfide) groups is 1. The van der Waals surface area contributed by atoms with Crippen LogP contribution in [0.2, 0.25) is 0 Å². The summed E-state index contributed by atoms with van der Waals surface area (Å²) in [6, 6.07) is 8.45. The van der Waals surface area contributed by atoms with Crippen LogP contribution in [0.1, 0.15) is 5.56 Å². The standard InChI is InChI=1S/C10H13N3S.CH2O3/c11-10(12)13-6-8-5-7-3-1-2-4-9(7)14-8;2-1(3)4/h1-4,8H,5-6H2,(H4,11,12,13);(H2,2,3,4). The molecule has 98 valence electrons. The van der Waals surface area contributed by atoms with Crippen molar-refractivity contribution in [3.8, 4) is 0 Å². The van der Waals surface area contributed by atoms with Crippen LogP contribution < -0.4 is 11.5 Å². The number of hydrogen-bond donors (Lipinski definition) is 4. The van der Waals surface area contributed by atoms with Crippen LogP contribution in [0.4, 0.5) is 4.79 Å². The van der Waals surface area contributed by atoms with Gasteiger partial charge in [-0.05, 0) is 18.1 Å². The number of nitrogens with two attached hydrogens (primary N) is 2. The van der Waals surface area contributed by atoms with Crippen LogP contribution in [0.3, 0.4) is 0 Å². The molecule has 0 radical (unpaired) electrons. The summed E-state index contributed by atoms with van der Waals surface area (Å²) in [6.07, 6.45) is -0.766. The fraction of sp³-hybridized carbons (Fsp3) is 0.273. The maximum atomic E-state index is 8.56. The quantitative estimate of drug-likeness (QED) is 0.472. The Hall–Kier alpha value is -1.89. The third-order valence-electron chi connectivity index (χ3n) is 2.19. The molecule has 1 aliphatic rings. The van der Waals surface area contributed by atoms with E-state index in [0.717, 1.165) is 6.42 Å². The van der Waals surface area contributed by atoms with E-state index in [1.807, 2.05) is 11.8 Å². The number of aliphatic imine (C=N–C) groups is 1. The van der Waals surface area contributed by atoms with Crippen LogP contribution >= 0.6 is 11.8 Å². The maximum Gasteiger partial charge on any atom is 0.503 e. The zero-order chi connectivity index (χ0) is 13.5. The number of rotatable bonds is 2. The van der Waals surface area contributed by atoms with Gasteiger partial charge in [0.1, 0.15) is 0 Å². The number of carboxylic acid groups (broad SMARTS) is 2. The largest absolute Gasteiger partial charge is 0.503 e. The Balaban J connectivity index is 0.000000357. The molecule has 1 aliphatic heterocycles. The fourth-order valence-corrected chi connectivity index (χ4v) is 2.79. The molecule has 0 bridgehead atoms. The molecular formula is C11H15N3O3S. The number of nitrogens with zero attached hydrogens (tertiary/aromatic N) is 1. The van der Waals surface area contributed by atoms with E-state index in [2.05, 4.69) is 29.3 Å². The number of guanidine groups is 1.